The molecule has 19 heavy (non-hydrogen) atoms. The predicted octanol–water partition coefficient (Wildman–Crippen LogP) is 4.54. The molecule has 0 aliphatic rings. The Bertz CT molecular complexity index is 581. The van der Waals surface area contributed by atoms with Crippen LogP contribution >= 0.6 is 22.9 Å². The molecule has 0 saturated heterocycles. The van der Waals surface area contributed by atoms with E-state index in [9.17, 15) is 4.39 Å². The van der Waals surface area contributed by atoms with Crippen LogP contribution in [-0.2, 0) is 6.54 Å². The molecule has 2 aromatic rings. The van der Waals surface area contributed by atoms with Crippen LogP contribution in [0.4, 0.5) is 15.2 Å². The summed E-state index contributed by atoms with van der Waals surface area (Å²) in [4.78, 5) is 0. The molecular weight excluding hydrogens is 283 g/mol. The van der Waals surface area contributed by atoms with Crippen molar-refractivity contribution in [2.75, 3.05) is 5.32 Å². The molecule has 1 aromatic heterocycles. The molecule has 0 bridgehead atoms. The van der Waals surface area contributed by atoms with E-state index < -0.39 is 5.82 Å². The van der Waals surface area contributed by atoms with Gasteiger partial charge >= 0.3 is 5.13 Å². The highest BCUT2D eigenvalue weighted by atomic mass is 35.5. The first-order chi connectivity index (χ1) is 8.97. The van der Waals surface area contributed by atoms with E-state index in [1.54, 1.807) is 23.5 Å². The van der Waals surface area contributed by atoms with Crippen molar-refractivity contribution in [2.45, 2.75) is 27.3 Å². The van der Waals surface area contributed by atoms with Crippen LogP contribution in [0, 0.1) is 18.7 Å². The Labute approximate surface area is 121 Å². The topological polar surface area (TPSA) is 15.9 Å². The molecule has 1 aromatic carbocycles. The summed E-state index contributed by atoms with van der Waals surface area (Å²) in [5.74, 6) is 0.167. The van der Waals surface area contributed by atoms with E-state index in [2.05, 4.69) is 36.0 Å². The van der Waals surface area contributed by atoms with Crippen molar-refractivity contribution >= 4 is 33.8 Å². The van der Waals surface area contributed by atoms with Gasteiger partial charge in [-0.1, -0.05) is 36.8 Å². The third kappa shape index (κ3) is 3.45. The van der Waals surface area contributed by atoms with E-state index >= 15 is 0 Å². The first-order valence-electron chi connectivity index (χ1n) is 6.17. The molecule has 1 heterocycles. The lowest BCUT2D eigenvalue weighted by Gasteiger charge is -2.06. The fraction of sp³-hybridized carbons (Fsp3) is 0.357. The Morgan fingerprint density at radius 1 is 1.42 bits per heavy atom. The molecule has 0 amide bonds. The number of aryl methyl sites for hydroxylation is 1. The number of benzene rings is 1. The lowest BCUT2D eigenvalue weighted by molar-refractivity contribution is -0.690. The van der Waals surface area contributed by atoms with Crippen LogP contribution in [0.25, 0.3) is 0 Å². The molecule has 0 aliphatic carbocycles. The maximum atomic E-state index is 13.1. The Morgan fingerprint density at radius 3 is 2.79 bits per heavy atom. The monoisotopic (exact) mass is 299 g/mol. The number of anilines is 2. The second-order valence-electron chi connectivity index (χ2n) is 4.94. The summed E-state index contributed by atoms with van der Waals surface area (Å²) >= 11 is 7.43. The number of aromatic nitrogens is 1. The molecule has 0 unspecified atom stereocenters. The van der Waals surface area contributed by atoms with E-state index in [1.807, 2.05) is 0 Å². The van der Waals surface area contributed by atoms with Crippen LogP contribution in [0.3, 0.4) is 0 Å². The van der Waals surface area contributed by atoms with Gasteiger partial charge in [0.15, 0.2) is 0 Å². The second kappa shape index (κ2) is 5.88. The largest absolute Gasteiger partial charge is 0.339 e. The Morgan fingerprint density at radius 2 is 2.16 bits per heavy atom. The Kier molecular flexibility index (Phi) is 4.42. The smallest absolute Gasteiger partial charge is 0.231 e. The van der Waals surface area contributed by atoms with Crippen molar-refractivity contribution in [3.63, 3.8) is 0 Å². The summed E-state index contributed by atoms with van der Waals surface area (Å²) in [6.07, 6.45) is 0. The fourth-order valence-electron chi connectivity index (χ4n) is 1.81. The molecule has 0 fully saturated rings. The SMILES string of the molecule is Cc1csc(Nc2ccc(F)c(Cl)c2)[n+]1CC(C)C. The third-order valence-electron chi connectivity index (χ3n) is 2.73. The summed E-state index contributed by atoms with van der Waals surface area (Å²) in [5, 5.41) is 6.57. The summed E-state index contributed by atoms with van der Waals surface area (Å²) in [7, 11) is 0. The van der Waals surface area contributed by atoms with Crippen LogP contribution in [0.2, 0.25) is 5.02 Å². The van der Waals surface area contributed by atoms with Gasteiger partial charge in [-0.2, -0.15) is 0 Å². The van der Waals surface area contributed by atoms with Gasteiger partial charge in [-0.25, -0.2) is 14.3 Å². The number of rotatable bonds is 4. The van der Waals surface area contributed by atoms with Crippen molar-refractivity contribution in [2.24, 2.45) is 5.92 Å². The van der Waals surface area contributed by atoms with Gasteiger partial charge in [0.25, 0.3) is 0 Å². The average molecular weight is 300 g/mol. The van der Waals surface area contributed by atoms with Crippen LogP contribution in [0.5, 0.6) is 0 Å². The van der Waals surface area contributed by atoms with Crippen molar-refractivity contribution in [1.29, 1.82) is 0 Å². The van der Waals surface area contributed by atoms with Gasteiger partial charge in [0.05, 0.1) is 11.6 Å². The highest BCUT2D eigenvalue weighted by Crippen LogP contribution is 2.24. The van der Waals surface area contributed by atoms with Gasteiger partial charge in [-0.15, -0.1) is 0 Å². The number of halogens is 2. The zero-order valence-corrected chi connectivity index (χ0v) is 12.8. The first kappa shape index (κ1) is 14.3. The normalized spacial score (nSPS) is 11.1. The summed E-state index contributed by atoms with van der Waals surface area (Å²) < 4.78 is 15.4. The highest BCUT2D eigenvalue weighted by molar-refractivity contribution is 7.13. The van der Waals surface area contributed by atoms with E-state index in [-0.39, 0.29) is 5.02 Å². The quantitative estimate of drug-likeness (QED) is 0.820. The van der Waals surface area contributed by atoms with E-state index in [0.29, 0.717) is 5.92 Å². The molecule has 0 atom stereocenters. The Hall–Kier alpha value is -1.13. The molecule has 0 spiro atoms. The van der Waals surface area contributed by atoms with Gasteiger partial charge in [0, 0.05) is 11.4 Å². The summed E-state index contributed by atoms with van der Waals surface area (Å²) in [6, 6.07) is 4.67. The molecule has 2 nitrogen and oxygen atoms in total. The minimum absolute atomic E-state index is 0.133. The predicted molar refractivity (Wildman–Crippen MR) is 78.8 cm³/mol. The van der Waals surface area contributed by atoms with Gasteiger partial charge in [0.2, 0.25) is 0 Å². The number of hydrogen-bond acceptors (Lipinski definition) is 2. The van der Waals surface area contributed by atoms with Crippen LogP contribution in [0.15, 0.2) is 23.6 Å². The summed E-state index contributed by atoms with van der Waals surface area (Å²) in [5.41, 5.74) is 2.01. The molecule has 2 rings (SSSR count). The van der Waals surface area contributed by atoms with Gasteiger partial charge in [0.1, 0.15) is 17.2 Å². The van der Waals surface area contributed by atoms with Crippen molar-refractivity contribution in [3.05, 3.63) is 40.1 Å². The molecule has 0 saturated carbocycles. The first-order valence-corrected chi connectivity index (χ1v) is 7.43. The second-order valence-corrected chi connectivity index (χ2v) is 6.21. The van der Waals surface area contributed by atoms with Gasteiger partial charge in [-0.3, -0.25) is 0 Å². The van der Waals surface area contributed by atoms with Crippen LogP contribution < -0.4 is 9.88 Å². The molecular formula is C14H17ClFN2S+. The van der Waals surface area contributed by atoms with Crippen LogP contribution in [-0.4, -0.2) is 0 Å². The van der Waals surface area contributed by atoms with Gasteiger partial charge < -0.3 is 0 Å². The van der Waals surface area contributed by atoms with Gasteiger partial charge in [-0.05, 0) is 25.0 Å². The van der Waals surface area contributed by atoms with Crippen LogP contribution in [0.1, 0.15) is 19.5 Å². The lowest BCUT2D eigenvalue weighted by atomic mass is 10.2. The fourth-order valence-corrected chi connectivity index (χ4v) is 2.93. The average Bonchev–Trinajstić information content (AvgIpc) is 2.66. The molecule has 1 N–H and O–H groups in total. The minimum Gasteiger partial charge on any atom is -0.231 e. The standard InChI is InChI=1S/C14H16ClFN2S/c1-9(2)7-18-10(3)8-19-14(18)17-11-4-5-13(16)12(15)6-11/h4-6,8-9H,7H2,1-3H3/p+1. The maximum Gasteiger partial charge on any atom is 0.339 e. The van der Waals surface area contributed by atoms with Crippen molar-refractivity contribution in [3.8, 4) is 0 Å². The number of nitrogens with one attached hydrogen (secondary N) is 1. The zero-order valence-electron chi connectivity index (χ0n) is 11.2. The molecule has 0 radical (unpaired) electrons. The number of thiazole rings is 1. The van der Waals surface area contributed by atoms with E-state index in [4.69, 9.17) is 11.6 Å². The minimum atomic E-state index is -0.398. The number of hydrogen-bond donors (Lipinski definition) is 1. The summed E-state index contributed by atoms with van der Waals surface area (Å²) in [6.45, 7) is 7.40. The lowest BCUT2D eigenvalue weighted by Crippen LogP contribution is -2.39. The Balaban J connectivity index is 2.25. The zero-order chi connectivity index (χ0) is 14.0. The maximum absolute atomic E-state index is 13.1. The third-order valence-corrected chi connectivity index (χ3v) is 4.02. The highest BCUT2D eigenvalue weighted by Gasteiger charge is 2.17. The molecule has 0 aliphatic heterocycles. The number of nitrogens with zero attached hydrogens (tertiary/aromatic N) is 1. The van der Waals surface area contributed by atoms with E-state index in [1.165, 1.54) is 11.8 Å². The molecule has 102 valence electrons. The van der Waals surface area contributed by atoms with Crippen molar-refractivity contribution in [1.82, 2.24) is 0 Å². The molecule has 5 heteroatoms. The van der Waals surface area contributed by atoms with E-state index in [0.717, 1.165) is 17.4 Å². The van der Waals surface area contributed by atoms with Crippen molar-refractivity contribution < 1.29 is 8.96 Å².